The van der Waals surface area contributed by atoms with Gasteiger partial charge in [0.15, 0.2) is 0 Å². The SMILES string of the molecule is O=C(C1=NCCC1)N1CCCCC1. The molecule has 0 spiro atoms. The van der Waals surface area contributed by atoms with Crippen molar-refractivity contribution in [3.05, 3.63) is 0 Å². The summed E-state index contributed by atoms with van der Waals surface area (Å²) in [5, 5.41) is 0. The van der Waals surface area contributed by atoms with E-state index >= 15 is 0 Å². The molecule has 2 aliphatic rings. The predicted octanol–water partition coefficient (Wildman–Crippen LogP) is 1.23. The minimum absolute atomic E-state index is 0.206. The van der Waals surface area contributed by atoms with E-state index in [0.29, 0.717) is 0 Å². The quantitative estimate of drug-likeness (QED) is 0.597. The van der Waals surface area contributed by atoms with E-state index in [0.717, 1.165) is 38.2 Å². The number of carbonyl (C=O) groups is 1. The van der Waals surface area contributed by atoms with Crippen LogP contribution >= 0.6 is 0 Å². The normalized spacial score (nSPS) is 23.1. The Kier molecular flexibility index (Phi) is 2.62. The van der Waals surface area contributed by atoms with E-state index in [1.165, 1.54) is 19.3 Å². The molecule has 0 aliphatic carbocycles. The summed E-state index contributed by atoms with van der Waals surface area (Å²) in [5.41, 5.74) is 0.821. The summed E-state index contributed by atoms with van der Waals surface area (Å²) in [6, 6.07) is 0. The Balaban J connectivity index is 1.94. The Morgan fingerprint density at radius 3 is 2.54 bits per heavy atom. The number of aliphatic imine (C=N–C) groups is 1. The van der Waals surface area contributed by atoms with Crippen molar-refractivity contribution in [2.75, 3.05) is 19.6 Å². The molecule has 0 atom stereocenters. The third-order valence-electron chi connectivity index (χ3n) is 2.76. The molecular formula is C10H16N2O. The summed E-state index contributed by atoms with van der Waals surface area (Å²) in [6.45, 7) is 2.74. The van der Waals surface area contributed by atoms with E-state index in [1.807, 2.05) is 4.90 Å². The minimum Gasteiger partial charge on any atom is -0.338 e. The van der Waals surface area contributed by atoms with Gasteiger partial charge in [-0.25, -0.2) is 0 Å². The Bertz CT molecular complexity index is 229. The maximum absolute atomic E-state index is 11.8. The fraction of sp³-hybridized carbons (Fsp3) is 0.800. The third-order valence-corrected chi connectivity index (χ3v) is 2.76. The van der Waals surface area contributed by atoms with Gasteiger partial charge in [0.1, 0.15) is 0 Å². The summed E-state index contributed by atoms with van der Waals surface area (Å²) in [5.74, 6) is 0.206. The molecule has 0 aromatic heterocycles. The van der Waals surface area contributed by atoms with Crippen LogP contribution in [0.4, 0.5) is 0 Å². The smallest absolute Gasteiger partial charge is 0.267 e. The first-order chi connectivity index (χ1) is 6.38. The second-order valence-electron chi connectivity index (χ2n) is 3.78. The van der Waals surface area contributed by atoms with Crippen LogP contribution in [0.5, 0.6) is 0 Å². The Morgan fingerprint density at radius 1 is 1.15 bits per heavy atom. The zero-order valence-corrected chi connectivity index (χ0v) is 7.96. The van der Waals surface area contributed by atoms with Gasteiger partial charge < -0.3 is 4.90 Å². The van der Waals surface area contributed by atoms with E-state index in [1.54, 1.807) is 0 Å². The summed E-state index contributed by atoms with van der Waals surface area (Å²) >= 11 is 0. The van der Waals surface area contributed by atoms with Crippen LogP contribution in [0.15, 0.2) is 4.99 Å². The van der Waals surface area contributed by atoms with Crippen molar-refractivity contribution in [3.63, 3.8) is 0 Å². The molecule has 0 unspecified atom stereocenters. The van der Waals surface area contributed by atoms with Gasteiger partial charge in [-0.05, 0) is 32.1 Å². The molecule has 0 saturated carbocycles. The number of piperidine rings is 1. The molecule has 2 heterocycles. The number of rotatable bonds is 1. The summed E-state index contributed by atoms with van der Waals surface area (Å²) in [6.07, 6.45) is 5.57. The zero-order valence-electron chi connectivity index (χ0n) is 7.96. The molecule has 2 aliphatic heterocycles. The first-order valence-corrected chi connectivity index (χ1v) is 5.20. The van der Waals surface area contributed by atoms with Gasteiger partial charge in [-0.2, -0.15) is 0 Å². The topological polar surface area (TPSA) is 32.7 Å². The van der Waals surface area contributed by atoms with Gasteiger partial charge in [0.2, 0.25) is 0 Å². The molecule has 3 heteroatoms. The van der Waals surface area contributed by atoms with Crippen LogP contribution in [0.2, 0.25) is 0 Å². The van der Waals surface area contributed by atoms with Crippen LogP contribution in [0.25, 0.3) is 0 Å². The minimum atomic E-state index is 0.206. The highest BCUT2D eigenvalue weighted by Gasteiger charge is 2.22. The zero-order chi connectivity index (χ0) is 9.10. The standard InChI is InChI=1S/C10H16N2O/c13-10(9-5-4-6-11-9)12-7-2-1-3-8-12/h1-8H2. The average molecular weight is 180 g/mol. The Hall–Kier alpha value is -0.860. The van der Waals surface area contributed by atoms with Crippen LogP contribution in [0.3, 0.4) is 0 Å². The largest absolute Gasteiger partial charge is 0.338 e. The molecule has 1 amide bonds. The highest BCUT2D eigenvalue weighted by molar-refractivity contribution is 6.39. The lowest BCUT2D eigenvalue weighted by Gasteiger charge is -2.26. The molecule has 72 valence electrons. The fourth-order valence-electron chi connectivity index (χ4n) is 1.99. The lowest BCUT2D eigenvalue weighted by Crippen LogP contribution is -2.39. The highest BCUT2D eigenvalue weighted by Crippen LogP contribution is 2.12. The van der Waals surface area contributed by atoms with Crippen LogP contribution in [-0.2, 0) is 4.79 Å². The van der Waals surface area contributed by atoms with Crippen molar-refractivity contribution >= 4 is 11.6 Å². The van der Waals surface area contributed by atoms with Gasteiger partial charge in [0.05, 0.1) is 5.71 Å². The first-order valence-electron chi connectivity index (χ1n) is 5.20. The van der Waals surface area contributed by atoms with Crippen LogP contribution in [0, 0.1) is 0 Å². The van der Waals surface area contributed by atoms with Crippen molar-refractivity contribution < 1.29 is 4.79 Å². The van der Waals surface area contributed by atoms with E-state index in [2.05, 4.69) is 4.99 Å². The van der Waals surface area contributed by atoms with Crippen molar-refractivity contribution in [2.24, 2.45) is 4.99 Å². The molecule has 0 aromatic rings. The second kappa shape index (κ2) is 3.90. The molecule has 1 saturated heterocycles. The summed E-state index contributed by atoms with van der Waals surface area (Å²) in [4.78, 5) is 18.0. The summed E-state index contributed by atoms with van der Waals surface area (Å²) < 4.78 is 0. The van der Waals surface area contributed by atoms with E-state index < -0.39 is 0 Å². The number of nitrogens with zero attached hydrogens (tertiary/aromatic N) is 2. The molecule has 1 fully saturated rings. The second-order valence-corrected chi connectivity index (χ2v) is 3.78. The average Bonchev–Trinajstić information content (AvgIpc) is 2.71. The molecule has 13 heavy (non-hydrogen) atoms. The Labute approximate surface area is 78.8 Å². The van der Waals surface area contributed by atoms with Crippen LogP contribution < -0.4 is 0 Å². The lowest BCUT2D eigenvalue weighted by molar-refractivity contribution is -0.125. The number of likely N-dealkylation sites (tertiary alicyclic amines) is 1. The maximum atomic E-state index is 11.8. The third kappa shape index (κ3) is 1.90. The van der Waals surface area contributed by atoms with Gasteiger partial charge >= 0.3 is 0 Å². The monoisotopic (exact) mass is 180 g/mol. The highest BCUT2D eigenvalue weighted by atomic mass is 16.2. The van der Waals surface area contributed by atoms with Crippen molar-refractivity contribution in [2.45, 2.75) is 32.1 Å². The first kappa shape index (κ1) is 8.73. The molecule has 0 bridgehead atoms. The molecule has 3 nitrogen and oxygen atoms in total. The number of hydrogen-bond donors (Lipinski definition) is 0. The number of hydrogen-bond acceptors (Lipinski definition) is 2. The van der Waals surface area contributed by atoms with E-state index in [4.69, 9.17) is 0 Å². The predicted molar refractivity (Wildman–Crippen MR) is 52.0 cm³/mol. The van der Waals surface area contributed by atoms with Gasteiger partial charge in [-0.3, -0.25) is 9.79 Å². The molecular weight excluding hydrogens is 164 g/mol. The lowest BCUT2D eigenvalue weighted by atomic mass is 10.1. The van der Waals surface area contributed by atoms with Crippen LogP contribution in [0.1, 0.15) is 32.1 Å². The van der Waals surface area contributed by atoms with Crippen molar-refractivity contribution in [1.29, 1.82) is 0 Å². The van der Waals surface area contributed by atoms with E-state index in [-0.39, 0.29) is 5.91 Å². The molecule has 0 N–H and O–H groups in total. The van der Waals surface area contributed by atoms with Gasteiger partial charge in [0.25, 0.3) is 5.91 Å². The molecule has 0 aromatic carbocycles. The molecule has 0 radical (unpaired) electrons. The van der Waals surface area contributed by atoms with Gasteiger partial charge in [-0.1, -0.05) is 0 Å². The van der Waals surface area contributed by atoms with Gasteiger partial charge in [-0.15, -0.1) is 0 Å². The van der Waals surface area contributed by atoms with Crippen molar-refractivity contribution in [3.8, 4) is 0 Å². The van der Waals surface area contributed by atoms with E-state index in [9.17, 15) is 4.79 Å². The summed E-state index contributed by atoms with van der Waals surface area (Å²) in [7, 11) is 0. The van der Waals surface area contributed by atoms with Crippen molar-refractivity contribution in [1.82, 2.24) is 4.90 Å². The fourth-order valence-corrected chi connectivity index (χ4v) is 1.99. The molecule has 2 rings (SSSR count). The van der Waals surface area contributed by atoms with Crippen LogP contribution in [-0.4, -0.2) is 36.2 Å². The number of carbonyl (C=O) groups excluding carboxylic acids is 1. The Morgan fingerprint density at radius 2 is 1.92 bits per heavy atom. The van der Waals surface area contributed by atoms with Gasteiger partial charge in [0, 0.05) is 19.6 Å². The number of amides is 1. The maximum Gasteiger partial charge on any atom is 0.267 e.